The normalized spacial score (nSPS) is 20.1. The van der Waals surface area contributed by atoms with E-state index in [0.29, 0.717) is 10.8 Å². The molecule has 0 amide bonds. The smallest absolute Gasteiger partial charge is 0.153 e. The Morgan fingerprint density at radius 3 is 3.17 bits per heavy atom. The lowest BCUT2D eigenvalue weighted by atomic mass is 10.1. The predicted octanol–water partition coefficient (Wildman–Crippen LogP) is 2.71. The van der Waals surface area contributed by atoms with Crippen molar-refractivity contribution in [2.75, 3.05) is 30.3 Å². The Kier molecular flexibility index (Phi) is 4.66. The van der Waals surface area contributed by atoms with E-state index in [2.05, 4.69) is 16.8 Å². The highest BCUT2D eigenvalue weighted by Gasteiger charge is 2.22. The van der Waals surface area contributed by atoms with Gasteiger partial charge in [-0.3, -0.25) is 0 Å². The summed E-state index contributed by atoms with van der Waals surface area (Å²) in [6.45, 7) is 4.75. The number of hydrogen-bond donors (Lipinski definition) is 1. The molecule has 18 heavy (non-hydrogen) atoms. The third kappa shape index (κ3) is 3.27. The maximum atomic E-state index is 5.96. The molecule has 0 radical (unpaired) electrons. The van der Waals surface area contributed by atoms with Gasteiger partial charge in [0, 0.05) is 19.7 Å². The molecule has 2 N–H and O–H groups in total. The summed E-state index contributed by atoms with van der Waals surface area (Å²) >= 11 is 5.93. The number of hydrogen-bond acceptors (Lipinski definition) is 4. The van der Waals surface area contributed by atoms with Crippen LogP contribution >= 0.6 is 11.6 Å². The number of nitrogens with two attached hydrogens (primary N) is 1. The fraction of sp³-hybridized carbons (Fsp3) is 0.615. The minimum absolute atomic E-state index is 0.277. The molecule has 1 aromatic rings. The molecule has 2 rings (SSSR count). The van der Waals surface area contributed by atoms with Crippen LogP contribution in [0.1, 0.15) is 26.2 Å². The van der Waals surface area contributed by atoms with Gasteiger partial charge in [0.2, 0.25) is 0 Å². The highest BCUT2D eigenvalue weighted by molar-refractivity contribution is 6.29. The van der Waals surface area contributed by atoms with Crippen LogP contribution in [-0.4, -0.2) is 30.8 Å². The number of nitrogens with zero attached hydrogens (tertiary/aromatic N) is 2. The molecule has 1 unspecified atom stereocenters. The number of pyridine rings is 1. The molecule has 1 saturated heterocycles. The second kappa shape index (κ2) is 6.25. The second-order valence-electron chi connectivity index (χ2n) is 4.63. The van der Waals surface area contributed by atoms with Crippen LogP contribution in [0.3, 0.4) is 0 Å². The van der Waals surface area contributed by atoms with Crippen LogP contribution in [0.5, 0.6) is 0 Å². The van der Waals surface area contributed by atoms with Crippen LogP contribution < -0.4 is 10.6 Å². The van der Waals surface area contributed by atoms with Crippen molar-refractivity contribution in [2.24, 2.45) is 0 Å². The van der Waals surface area contributed by atoms with Crippen molar-refractivity contribution in [3.05, 3.63) is 17.3 Å². The van der Waals surface area contributed by atoms with Crippen molar-refractivity contribution in [3.8, 4) is 0 Å². The molecule has 0 aromatic carbocycles. The minimum Gasteiger partial charge on any atom is -0.396 e. The predicted molar refractivity (Wildman–Crippen MR) is 75.1 cm³/mol. The number of piperidine rings is 1. The summed E-state index contributed by atoms with van der Waals surface area (Å²) in [5.74, 6) is 0.785. The summed E-state index contributed by atoms with van der Waals surface area (Å²) in [6, 6.07) is 3.52. The zero-order valence-corrected chi connectivity index (χ0v) is 11.5. The molecule has 0 bridgehead atoms. The molecular formula is C13H20ClN3O. The van der Waals surface area contributed by atoms with Crippen molar-refractivity contribution in [1.29, 1.82) is 0 Å². The van der Waals surface area contributed by atoms with E-state index in [4.69, 9.17) is 22.1 Å². The van der Waals surface area contributed by atoms with Gasteiger partial charge in [-0.05, 0) is 31.4 Å². The summed E-state index contributed by atoms with van der Waals surface area (Å²) in [4.78, 5) is 6.49. The van der Waals surface area contributed by atoms with Crippen LogP contribution in [0.25, 0.3) is 0 Å². The van der Waals surface area contributed by atoms with Gasteiger partial charge in [0.15, 0.2) is 5.82 Å². The molecule has 0 saturated carbocycles. The quantitative estimate of drug-likeness (QED) is 0.854. The molecule has 5 heteroatoms. The lowest BCUT2D eigenvalue weighted by Gasteiger charge is -2.34. The first-order chi connectivity index (χ1) is 8.70. The Morgan fingerprint density at radius 2 is 2.39 bits per heavy atom. The fourth-order valence-electron chi connectivity index (χ4n) is 2.24. The molecule has 100 valence electrons. The van der Waals surface area contributed by atoms with Crippen LogP contribution in [0.4, 0.5) is 11.5 Å². The first-order valence-corrected chi connectivity index (χ1v) is 6.87. The van der Waals surface area contributed by atoms with E-state index in [1.807, 2.05) is 0 Å². The van der Waals surface area contributed by atoms with E-state index in [9.17, 15) is 0 Å². The van der Waals surface area contributed by atoms with Crippen molar-refractivity contribution < 1.29 is 4.74 Å². The molecule has 1 fully saturated rings. The third-order valence-corrected chi connectivity index (χ3v) is 3.32. The average molecular weight is 270 g/mol. The Balaban J connectivity index is 2.05. The molecule has 2 heterocycles. The van der Waals surface area contributed by atoms with E-state index in [-0.39, 0.29) is 6.10 Å². The van der Waals surface area contributed by atoms with Crippen LogP contribution in [0, 0.1) is 0 Å². The van der Waals surface area contributed by atoms with Gasteiger partial charge in [-0.2, -0.15) is 0 Å². The Morgan fingerprint density at radius 1 is 1.56 bits per heavy atom. The summed E-state index contributed by atoms with van der Waals surface area (Å²) in [5.41, 5.74) is 6.64. The van der Waals surface area contributed by atoms with Gasteiger partial charge in [-0.25, -0.2) is 4.98 Å². The van der Waals surface area contributed by atoms with E-state index in [0.717, 1.165) is 44.8 Å². The molecule has 1 aliphatic heterocycles. The van der Waals surface area contributed by atoms with E-state index in [1.165, 1.54) is 0 Å². The minimum atomic E-state index is 0.277. The molecule has 4 nitrogen and oxygen atoms in total. The highest BCUT2D eigenvalue weighted by atomic mass is 35.5. The first-order valence-electron chi connectivity index (χ1n) is 6.49. The van der Waals surface area contributed by atoms with Crippen molar-refractivity contribution in [3.63, 3.8) is 0 Å². The van der Waals surface area contributed by atoms with Crippen molar-refractivity contribution >= 4 is 23.1 Å². The fourth-order valence-corrected chi connectivity index (χ4v) is 2.38. The third-order valence-electron chi connectivity index (χ3n) is 3.11. The highest BCUT2D eigenvalue weighted by Crippen LogP contribution is 2.26. The number of aromatic nitrogens is 1. The van der Waals surface area contributed by atoms with Gasteiger partial charge in [0.05, 0.1) is 11.8 Å². The number of ether oxygens (including phenoxy) is 1. The SMILES string of the molecule is CCCOC1CCCN(c2nc(Cl)ccc2N)C1. The summed E-state index contributed by atoms with van der Waals surface area (Å²) in [6.07, 6.45) is 3.53. The van der Waals surface area contributed by atoms with E-state index < -0.39 is 0 Å². The molecule has 1 atom stereocenters. The Bertz CT molecular complexity index is 400. The maximum absolute atomic E-state index is 5.96. The molecule has 0 aliphatic carbocycles. The van der Waals surface area contributed by atoms with Crippen LogP contribution in [0.15, 0.2) is 12.1 Å². The largest absolute Gasteiger partial charge is 0.396 e. The molecular weight excluding hydrogens is 250 g/mol. The van der Waals surface area contributed by atoms with Gasteiger partial charge in [-0.1, -0.05) is 18.5 Å². The van der Waals surface area contributed by atoms with E-state index in [1.54, 1.807) is 12.1 Å². The van der Waals surface area contributed by atoms with Crippen molar-refractivity contribution in [1.82, 2.24) is 4.98 Å². The molecule has 0 spiro atoms. The first kappa shape index (κ1) is 13.4. The van der Waals surface area contributed by atoms with Gasteiger partial charge in [0.25, 0.3) is 0 Å². The topological polar surface area (TPSA) is 51.4 Å². The van der Waals surface area contributed by atoms with Gasteiger partial charge in [-0.15, -0.1) is 0 Å². The number of halogens is 1. The number of nitrogen functional groups attached to an aromatic ring is 1. The maximum Gasteiger partial charge on any atom is 0.153 e. The van der Waals surface area contributed by atoms with Gasteiger partial charge in [0.1, 0.15) is 5.15 Å². The molecule has 1 aromatic heterocycles. The van der Waals surface area contributed by atoms with E-state index >= 15 is 0 Å². The number of rotatable bonds is 4. The zero-order chi connectivity index (χ0) is 13.0. The van der Waals surface area contributed by atoms with Crippen LogP contribution in [0.2, 0.25) is 5.15 Å². The monoisotopic (exact) mass is 269 g/mol. The number of anilines is 2. The second-order valence-corrected chi connectivity index (χ2v) is 5.02. The zero-order valence-electron chi connectivity index (χ0n) is 10.7. The average Bonchev–Trinajstić information content (AvgIpc) is 2.39. The summed E-state index contributed by atoms with van der Waals surface area (Å²) in [5, 5.41) is 0.482. The Labute approximate surface area is 113 Å². The summed E-state index contributed by atoms with van der Waals surface area (Å²) in [7, 11) is 0. The van der Waals surface area contributed by atoms with Crippen molar-refractivity contribution in [2.45, 2.75) is 32.3 Å². The summed E-state index contributed by atoms with van der Waals surface area (Å²) < 4.78 is 5.81. The van der Waals surface area contributed by atoms with Crippen LogP contribution in [-0.2, 0) is 4.74 Å². The standard InChI is InChI=1S/C13H20ClN3O/c1-2-8-18-10-4-3-7-17(9-10)13-11(15)5-6-12(14)16-13/h5-6,10H,2-4,7-9,15H2,1H3. The Hall–Kier alpha value is -1.00. The van der Waals surface area contributed by atoms with Gasteiger partial charge < -0.3 is 15.4 Å². The lowest BCUT2D eigenvalue weighted by Crippen LogP contribution is -2.40. The lowest BCUT2D eigenvalue weighted by molar-refractivity contribution is 0.0439. The van der Waals surface area contributed by atoms with Gasteiger partial charge >= 0.3 is 0 Å². The molecule has 1 aliphatic rings.